The number of carbonyl (C=O) groups is 3. The smallest absolute Gasteiger partial charge is 0.344 e. The van der Waals surface area contributed by atoms with E-state index in [1.54, 1.807) is 0 Å². The first-order chi connectivity index (χ1) is 12.4. The Bertz CT molecular complexity index is 653. The highest BCUT2D eigenvalue weighted by Crippen LogP contribution is 2.19. The number of benzene rings is 1. The number of urea groups is 1. The van der Waals surface area contributed by atoms with Crippen molar-refractivity contribution in [3.05, 3.63) is 29.3 Å². The zero-order valence-electron chi connectivity index (χ0n) is 15.3. The van der Waals surface area contributed by atoms with E-state index < -0.39 is 24.5 Å². The molecule has 1 saturated carbocycles. The molecule has 3 amide bonds. The minimum Gasteiger partial charge on any atom is -0.482 e. The molecule has 0 unspecified atom stereocenters. The van der Waals surface area contributed by atoms with Crippen LogP contribution in [-0.4, -0.2) is 37.2 Å². The number of hydrogen-bond acceptors (Lipinski definition) is 5. The molecule has 1 aliphatic carbocycles. The Hall–Kier alpha value is -2.57. The first kappa shape index (κ1) is 19.8. The second-order valence-electron chi connectivity index (χ2n) is 6.57. The molecule has 0 atom stereocenters. The predicted octanol–water partition coefficient (Wildman–Crippen LogP) is 2.38. The zero-order valence-corrected chi connectivity index (χ0v) is 15.3. The summed E-state index contributed by atoms with van der Waals surface area (Å²) < 4.78 is 10.2. The number of ether oxygens (including phenoxy) is 2. The Morgan fingerprint density at radius 3 is 2.54 bits per heavy atom. The fourth-order valence-corrected chi connectivity index (χ4v) is 2.82. The molecule has 2 rings (SSSR count). The molecule has 0 aromatic heterocycles. The van der Waals surface area contributed by atoms with Gasteiger partial charge in [-0.25, -0.2) is 9.59 Å². The van der Waals surface area contributed by atoms with Crippen molar-refractivity contribution >= 4 is 17.9 Å². The van der Waals surface area contributed by atoms with Crippen LogP contribution in [0.1, 0.15) is 43.2 Å². The van der Waals surface area contributed by atoms with Gasteiger partial charge in [-0.15, -0.1) is 0 Å². The van der Waals surface area contributed by atoms with Gasteiger partial charge in [-0.05, 0) is 43.9 Å². The molecule has 1 aromatic carbocycles. The second kappa shape index (κ2) is 9.79. The van der Waals surface area contributed by atoms with Crippen molar-refractivity contribution in [2.75, 3.05) is 13.2 Å². The van der Waals surface area contributed by atoms with Gasteiger partial charge >= 0.3 is 12.0 Å². The van der Waals surface area contributed by atoms with Crippen molar-refractivity contribution in [1.29, 1.82) is 0 Å². The topological polar surface area (TPSA) is 93.7 Å². The molecule has 0 heterocycles. The van der Waals surface area contributed by atoms with E-state index in [0.29, 0.717) is 5.75 Å². The maximum Gasteiger partial charge on any atom is 0.344 e. The highest BCUT2D eigenvalue weighted by atomic mass is 16.6. The van der Waals surface area contributed by atoms with Gasteiger partial charge in [0.15, 0.2) is 13.2 Å². The lowest BCUT2D eigenvalue weighted by Gasteiger charge is -2.22. The summed E-state index contributed by atoms with van der Waals surface area (Å²) in [6.45, 7) is 2.98. The fourth-order valence-electron chi connectivity index (χ4n) is 2.82. The molecule has 1 fully saturated rings. The number of aryl methyl sites for hydroxylation is 2. The molecule has 2 N–H and O–H groups in total. The Kier molecular flexibility index (Phi) is 7.44. The average Bonchev–Trinajstić information content (AvgIpc) is 2.61. The molecular formula is C19H26N2O5. The monoisotopic (exact) mass is 362 g/mol. The van der Waals surface area contributed by atoms with E-state index in [1.165, 1.54) is 6.42 Å². The maximum absolute atomic E-state index is 11.7. The molecule has 7 heteroatoms. The molecule has 0 aliphatic heterocycles. The molecule has 26 heavy (non-hydrogen) atoms. The number of imide groups is 1. The van der Waals surface area contributed by atoms with Gasteiger partial charge in [0.2, 0.25) is 0 Å². The van der Waals surface area contributed by atoms with Crippen molar-refractivity contribution in [3.8, 4) is 5.75 Å². The van der Waals surface area contributed by atoms with Gasteiger partial charge in [0, 0.05) is 6.04 Å². The van der Waals surface area contributed by atoms with E-state index in [-0.39, 0.29) is 12.6 Å². The summed E-state index contributed by atoms with van der Waals surface area (Å²) in [5.41, 5.74) is 1.92. The van der Waals surface area contributed by atoms with Crippen LogP contribution in [-0.2, 0) is 14.3 Å². The summed E-state index contributed by atoms with van der Waals surface area (Å²) in [6.07, 6.45) is 5.19. The lowest BCUT2D eigenvalue weighted by atomic mass is 9.96. The van der Waals surface area contributed by atoms with Crippen LogP contribution in [0.5, 0.6) is 5.75 Å². The Morgan fingerprint density at radius 2 is 1.81 bits per heavy atom. The van der Waals surface area contributed by atoms with Crippen LogP contribution in [0, 0.1) is 13.8 Å². The Balaban J connectivity index is 1.65. The van der Waals surface area contributed by atoms with Gasteiger partial charge in [0.05, 0.1) is 0 Å². The SMILES string of the molecule is Cc1ccc(C)c(OCC(=O)OCC(=O)NC(=O)NC2CCCCC2)c1. The third kappa shape index (κ3) is 6.74. The fraction of sp³-hybridized carbons (Fsp3) is 0.526. The van der Waals surface area contributed by atoms with Crippen LogP contribution < -0.4 is 15.4 Å². The lowest BCUT2D eigenvalue weighted by Crippen LogP contribution is -2.46. The van der Waals surface area contributed by atoms with Gasteiger partial charge in [-0.1, -0.05) is 31.4 Å². The molecule has 0 saturated heterocycles. The summed E-state index contributed by atoms with van der Waals surface area (Å²) in [5.74, 6) is -0.745. The molecule has 1 aromatic rings. The molecule has 0 bridgehead atoms. The van der Waals surface area contributed by atoms with Crippen LogP contribution in [0.25, 0.3) is 0 Å². The third-order valence-corrected chi connectivity index (χ3v) is 4.25. The predicted molar refractivity (Wildman–Crippen MR) is 95.9 cm³/mol. The number of amides is 3. The van der Waals surface area contributed by atoms with E-state index >= 15 is 0 Å². The summed E-state index contributed by atoms with van der Waals surface area (Å²) in [7, 11) is 0. The highest BCUT2D eigenvalue weighted by Gasteiger charge is 2.17. The van der Waals surface area contributed by atoms with E-state index in [4.69, 9.17) is 9.47 Å². The first-order valence-electron chi connectivity index (χ1n) is 8.90. The van der Waals surface area contributed by atoms with E-state index in [2.05, 4.69) is 10.6 Å². The van der Waals surface area contributed by atoms with Crippen LogP contribution in [0.15, 0.2) is 18.2 Å². The second-order valence-corrected chi connectivity index (χ2v) is 6.57. The zero-order chi connectivity index (χ0) is 18.9. The van der Waals surface area contributed by atoms with Crippen LogP contribution in [0.2, 0.25) is 0 Å². The minimum absolute atomic E-state index is 0.102. The van der Waals surface area contributed by atoms with E-state index in [9.17, 15) is 14.4 Å². The largest absolute Gasteiger partial charge is 0.482 e. The normalized spacial score (nSPS) is 14.4. The van der Waals surface area contributed by atoms with Crippen LogP contribution >= 0.6 is 0 Å². The van der Waals surface area contributed by atoms with Crippen molar-refractivity contribution in [2.45, 2.75) is 52.0 Å². The minimum atomic E-state index is -0.672. The molecule has 142 valence electrons. The average molecular weight is 362 g/mol. The molecular weight excluding hydrogens is 336 g/mol. The van der Waals surface area contributed by atoms with Gasteiger partial charge in [0.25, 0.3) is 5.91 Å². The first-order valence-corrected chi connectivity index (χ1v) is 8.90. The maximum atomic E-state index is 11.7. The van der Waals surface area contributed by atoms with Gasteiger partial charge in [-0.2, -0.15) is 0 Å². The highest BCUT2D eigenvalue weighted by molar-refractivity contribution is 5.95. The number of nitrogens with one attached hydrogen (secondary N) is 2. The number of hydrogen-bond donors (Lipinski definition) is 2. The van der Waals surface area contributed by atoms with Crippen molar-refractivity contribution in [2.24, 2.45) is 0 Å². The molecule has 7 nitrogen and oxygen atoms in total. The summed E-state index contributed by atoms with van der Waals surface area (Å²) >= 11 is 0. The molecule has 0 radical (unpaired) electrons. The van der Waals surface area contributed by atoms with Crippen molar-refractivity contribution in [3.63, 3.8) is 0 Å². The van der Waals surface area contributed by atoms with E-state index in [1.807, 2.05) is 32.0 Å². The van der Waals surface area contributed by atoms with Crippen molar-refractivity contribution in [1.82, 2.24) is 10.6 Å². The van der Waals surface area contributed by atoms with Crippen LogP contribution in [0.3, 0.4) is 0 Å². The Morgan fingerprint density at radius 1 is 1.08 bits per heavy atom. The summed E-state index contributed by atoms with van der Waals surface area (Å²) in [6, 6.07) is 5.22. The summed E-state index contributed by atoms with van der Waals surface area (Å²) in [5, 5.41) is 4.93. The van der Waals surface area contributed by atoms with Gasteiger partial charge in [-0.3, -0.25) is 10.1 Å². The van der Waals surface area contributed by atoms with E-state index in [0.717, 1.165) is 36.8 Å². The molecule has 0 spiro atoms. The van der Waals surface area contributed by atoms with Gasteiger partial charge in [0.1, 0.15) is 5.75 Å². The van der Waals surface area contributed by atoms with Gasteiger partial charge < -0.3 is 14.8 Å². The number of rotatable bonds is 6. The lowest BCUT2D eigenvalue weighted by molar-refractivity contribution is -0.150. The summed E-state index contributed by atoms with van der Waals surface area (Å²) in [4.78, 5) is 35.1. The standard InChI is InChI=1S/C19H26N2O5/c1-13-8-9-14(2)16(10-13)25-12-18(23)26-11-17(22)21-19(24)20-15-6-4-3-5-7-15/h8-10,15H,3-7,11-12H2,1-2H3,(H2,20,21,22,24). The van der Waals surface area contributed by atoms with Crippen LogP contribution in [0.4, 0.5) is 4.79 Å². The van der Waals surface area contributed by atoms with Crippen molar-refractivity contribution < 1.29 is 23.9 Å². The number of carbonyl (C=O) groups excluding carboxylic acids is 3. The number of esters is 1. The Labute approximate surface area is 153 Å². The third-order valence-electron chi connectivity index (χ3n) is 4.25. The quantitative estimate of drug-likeness (QED) is 0.758. The molecule has 1 aliphatic rings.